The quantitative estimate of drug-likeness (QED) is 0.634. The summed E-state index contributed by atoms with van der Waals surface area (Å²) in [6, 6.07) is 13.3. The first-order valence-corrected chi connectivity index (χ1v) is 8.07. The fourth-order valence-corrected chi connectivity index (χ4v) is 2.38. The van der Waals surface area contributed by atoms with Crippen LogP contribution in [-0.4, -0.2) is 37.4 Å². The molecule has 25 heavy (non-hydrogen) atoms. The van der Waals surface area contributed by atoms with Crippen molar-refractivity contribution < 1.29 is 9.18 Å². The molecule has 7 heteroatoms. The number of aliphatic imine (C=N–C) groups is 1. The summed E-state index contributed by atoms with van der Waals surface area (Å²) in [5.41, 5.74) is 1.48. The highest BCUT2D eigenvalue weighted by molar-refractivity contribution is 6.30. The van der Waals surface area contributed by atoms with E-state index in [0.29, 0.717) is 23.2 Å². The summed E-state index contributed by atoms with van der Waals surface area (Å²) in [5.74, 6) is -0.111. The van der Waals surface area contributed by atoms with Gasteiger partial charge in [0.15, 0.2) is 5.96 Å². The minimum atomic E-state index is -0.399. The van der Waals surface area contributed by atoms with E-state index in [1.54, 1.807) is 13.1 Å². The van der Waals surface area contributed by atoms with Gasteiger partial charge in [0.1, 0.15) is 5.82 Å². The van der Waals surface area contributed by atoms with E-state index in [1.165, 1.54) is 18.2 Å². The summed E-state index contributed by atoms with van der Waals surface area (Å²) in [6.45, 7) is 0.635. The fourth-order valence-electron chi connectivity index (χ4n) is 2.25. The molecular weight excluding hydrogens is 343 g/mol. The maximum Gasteiger partial charge on any atom is 0.243 e. The van der Waals surface area contributed by atoms with Gasteiger partial charge in [0.2, 0.25) is 5.91 Å². The minimum absolute atomic E-state index is 0.0220. The van der Waals surface area contributed by atoms with E-state index >= 15 is 0 Å². The summed E-state index contributed by atoms with van der Waals surface area (Å²) >= 11 is 5.88. The predicted octanol–water partition coefficient (Wildman–Crippen LogP) is 3.13. The maximum atomic E-state index is 13.1. The lowest BCUT2D eigenvalue weighted by molar-refractivity contribution is -0.115. The molecule has 2 aromatic rings. The lowest BCUT2D eigenvalue weighted by Crippen LogP contribution is -2.42. The van der Waals surface area contributed by atoms with Crippen LogP contribution in [0.2, 0.25) is 5.02 Å². The van der Waals surface area contributed by atoms with E-state index in [-0.39, 0.29) is 12.5 Å². The molecule has 0 bridgehead atoms. The molecule has 0 atom stereocenters. The number of carbonyl (C=O) groups is 1. The van der Waals surface area contributed by atoms with Crippen molar-refractivity contribution in [3.05, 3.63) is 64.9 Å². The lowest BCUT2D eigenvalue weighted by Gasteiger charge is -2.22. The standard InChI is InChI=1S/C18H20ClFN4O/c1-21-18(24(2)12-13-6-8-14(19)9-7-13)22-11-17(25)23-16-5-3-4-15(20)10-16/h3-10H,11-12H2,1-2H3,(H,21,22)(H,23,25). The molecule has 0 aliphatic rings. The zero-order valence-corrected chi connectivity index (χ0v) is 14.8. The van der Waals surface area contributed by atoms with Crippen molar-refractivity contribution in [2.24, 2.45) is 4.99 Å². The fraction of sp³-hybridized carbons (Fsp3) is 0.222. The van der Waals surface area contributed by atoms with Crippen LogP contribution in [0.1, 0.15) is 5.56 Å². The van der Waals surface area contributed by atoms with Gasteiger partial charge in [-0.2, -0.15) is 0 Å². The number of amides is 1. The van der Waals surface area contributed by atoms with Crippen molar-refractivity contribution in [3.8, 4) is 0 Å². The topological polar surface area (TPSA) is 56.7 Å². The Labute approximate surface area is 151 Å². The van der Waals surface area contributed by atoms with Crippen molar-refractivity contribution >= 4 is 29.2 Å². The first kappa shape index (κ1) is 18.7. The first-order chi connectivity index (χ1) is 12.0. The minimum Gasteiger partial charge on any atom is -0.347 e. The highest BCUT2D eigenvalue weighted by Crippen LogP contribution is 2.11. The lowest BCUT2D eigenvalue weighted by atomic mass is 10.2. The molecule has 0 fully saturated rings. The van der Waals surface area contributed by atoms with Crippen LogP contribution in [0.4, 0.5) is 10.1 Å². The van der Waals surface area contributed by atoms with Gasteiger partial charge >= 0.3 is 0 Å². The molecule has 132 valence electrons. The molecule has 0 spiro atoms. The summed E-state index contributed by atoms with van der Waals surface area (Å²) in [4.78, 5) is 18.0. The molecule has 0 aromatic heterocycles. The Bertz CT molecular complexity index is 749. The molecule has 5 nitrogen and oxygen atoms in total. The molecule has 0 aliphatic heterocycles. The molecule has 2 rings (SSSR count). The molecule has 0 saturated carbocycles. The molecule has 0 heterocycles. The van der Waals surface area contributed by atoms with Gasteiger partial charge < -0.3 is 15.5 Å². The SMILES string of the molecule is CN=C(NCC(=O)Nc1cccc(F)c1)N(C)Cc1ccc(Cl)cc1. The number of hydrogen-bond donors (Lipinski definition) is 2. The summed E-state index contributed by atoms with van der Waals surface area (Å²) < 4.78 is 13.1. The Morgan fingerprint density at radius 1 is 1.24 bits per heavy atom. The Kier molecular flexibility index (Phi) is 6.77. The predicted molar refractivity (Wildman–Crippen MR) is 99.3 cm³/mol. The van der Waals surface area contributed by atoms with Crippen LogP contribution in [-0.2, 0) is 11.3 Å². The molecular formula is C18H20ClFN4O. The Morgan fingerprint density at radius 2 is 1.96 bits per heavy atom. The Balaban J connectivity index is 1.86. The number of rotatable bonds is 5. The largest absolute Gasteiger partial charge is 0.347 e. The summed E-state index contributed by atoms with van der Waals surface area (Å²) in [7, 11) is 3.51. The van der Waals surface area contributed by atoms with Gasteiger partial charge in [-0.1, -0.05) is 29.8 Å². The van der Waals surface area contributed by atoms with Gasteiger partial charge in [-0.3, -0.25) is 9.79 Å². The average Bonchev–Trinajstić information content (AvgIpc) is 2.57. The van der Waals surface area contributed by atoms with E-state index < -0.39 is 5.82 Å². The number of nitrogens with one attached hydrogen (secondary N) is 2. The van der Waals surface area contributed by atoms with Crippen LogP contribution in [0.3, 0.4) is 0 Å². The van der Waals surface area contributed by atoms with Gasteiger partial charge in [0.05, 0.1) is 6.54 Å². The third-order valence-electron chi connectivity index (χ3n) is 3.42. The maximum absolute atomic E-state index is 13.1. The monoisotopic (exact) mass is 362 g/mol. The van der Waals surface area contributed by atoms with Gasteiger partial charge in [0.25, 0.3) is 0 Å². The highest BCUT2D eigenvalue weighted by Gasteiger charge is 2.09. The normalized spacial score (nSPS) is 11.1. The number of carbonyl (C=O) groups excluding carboxylic acids is 1. The molecule has 0 radical (unpaired) electrons. The molecule has 0 saturated heterocycles. The molecule has 1 amide bonds. The van der Waals surface area contributed by atoms with Crippen molar-refractivity contribution in [3.63, 3.8) is 0 Å². The zero-order valence-electron chi connectivity index (χ0n) is 14.1. The third-order valence-corrected chi connectivity index (χ3v) is 3.67. The first-order valence-electron chi connectivity index (χ1n) is 7.69. The van der Waals surface area contributed by atoms with Gasteiger partial charge in [-0.25, -0.2) is 4.39 Å². The molecule has 0 aliphatic carbocycles. The number of hydrogen-bond acceptors (Lipinski definition) is 2. The van der Waals surface area contributed by atoms with E-state index in [4.69, 9.17) is 11.6 Å². The van der Waals surface area contributed by atoms with Crippen LogP contribution in [0.25, 0.3) is 0 Å². The van der Waals surface area contributed by atoms with Crippen LogP contribution in [0, 0.1) is 5.82 Å². The van der Waals surface area contributed by atoms with Crippen molar-refractivity contribution in [1.82, 2.24) is 10.2 Å². The molecule has 0 unspecified atom stereocenters. The summed E-state index contributed by atoms with van der Waals surface area (Å²) in [6.07, 6.45) is 0. The highest BCUT2D eigenvalue weighted by atomic mass is 35.5. The van der Waals surface area contributed by atoms with E-state index in [9.17, 15) is 9.18 Å². The van der Waals surface area contributed by atoms with E-state index in [2.05, 4.69) is 15.6 Å². The number of anilines is 1. The van der Waals surface area contributed by atoms with Crippen LogP contribution in [0.5, 0.6) is 0 Å². The van der Waals surface area contributed by atoms with Gasteiger partial charge in [-0.05, 0) is 35.9 Å². The Morgan fingerprint density at radius 3 is 2.60 bits per heavy atom. The van der Waals surface area contributed by atoms with Crippen LogP contribution in [0.15, 0.2) is 53.5 Å². The number of nitrogens with zero attached hydrogens (tertiary/aromatic N) is 2. The van der Waals surface area contributed by atoms with Crippen molar-refractivity contribution in [1.29, 1.82) is 0 Å². The molecule has 2 N–H and O–H groups in total. The Hall–Kier alpha value is -2.60. The number of guanidine groups is 1. The molecule has 2 aromatic carbocycles. The van der Waals surface area contributed by atoms with Crippen molar-refractivity contribution in [2.45, 2.75) is 6.54 Å². The second-order valence-electron chi connectivity index (χ2n) is 5.44. The number of halogens is 2. The van der Waals surface area contributed by atoms with Gasteiger partial charge in [0, 0.05) is 31.4 Å². The van der Waals surface area contributed by atoms with Crippen LogP contribution >= 0.6 is 11.6 Å². The third kappa shape index (κ3) is 6.08. The van der Waals surface area contributed by atoms with Crippen LogP contribution < -0.4 is 10.6 Å². The second-order valence-corrected chi connectivity index (χ2v) is 5.88. The van der Waals surface area contributed by atoms with E-state index in [1.807, 2.05) is 36.2 Å². The second kappa shape index (κ2) is 9.03. The van der Waals surface area contributed by atoms with E-state index in [0.717, 1.165) is 5.56 Å². The zero-order chi connectivity index (χ0) is 18.2. The number of benzene rings is 2. The van der Waals surface area contributed by atoms with Crippen molar-refractivity contribution in [2.75, 3.05) is 26.0 Å². The summed E-state index contributed by atoms with van der Waals surface area (Å²) in [5, 5.41) is 6.29. The van der Waals surface area contributed by atoms with Gasteiger partial charge in [-0.15, -0.1) is 0 Å². The smallest absolute Gasteiger partial charge is 0.243 e. The average molecular weight is 363 g/mol.